The monoisotopic (exact) mass is 189 g/mol. The van der Waals surface area contributed by atoms with Crippen LogP contribution >= 0.6 is 0 Å². The van der Waals surface area contributed by atoms with Gasteiger partial charge < -0.3 is 0 Å². The molecular weight excluding hydrogens is 174 g/mol. The van der Waals surface area contributed by atoms with Gasteiger partial charge in [-0.3, -0.25) is 0 Å². The van der Waals surface area contributed by atoms with Crippen molar-refractivity contribution in [3.8, 4) is 0 Å². The minimum Gasteiger partial charge on any atom is -0.213 e. The van der Waals surface area contributed by atoms with Crippen LogP contribution in [0.5, 0.6) is 0 Å². The van der Waals surface area contributed by atoms with E-state index in [1.807, 2.05) is 6.08 Å². The van der Waals surface area contributed by atoms with Crippen molar-refractivity contribution in [1.29, 1.82) is 0 Å². The molecule has 12 heavy (non-hydrogen) atoms. The maximum Gasteiger partial charge on any atom is 0.211 e. The van der Waals surface area contributed by atoms with Gasteiger partial charge in [-0.05, 0) is 18.8 Å². The van der Waals surface area contributed by atoms with E-state index in [1.54, 1.807) is 0 Å². The molecule has 0 spiro atoms. The van der Waals surface area contributed by atoms with Crippen LogP contribution in [0.4, 0.5) is 0 Å². The molecule has 0 aliphatic carbocycles. The zero-order chi connectivity index (χ0) is 9.19. The van der Waals surface area contributed by atoms with E-state index < -0.39 is 10.0 Å². The number of hydrogen-bond donors (Lipinski definition) is 0. The Kier molecular flexibility index (Phi) is 2.90. The van der Waals surface area contributed by atoms with Crippen molar-refractivity contribution in [2.75, 3.05) is 19.3 Å². The second-order valence-corrected chi connectivity index (χ2v) is 5.22. The number of allylic oxidation sites excluding steroid dienone is 1. The fraction of sp³-hybridized carbons (Fsp3) is 0.750. The average molecular weight is 189 g/mol. The summed E-state index contributed by atoms with van der Waals surface area (Å²) in [5.41, 5.74) is 0. The van der Waals surface area contributed by atoms with Gasteiger partial charge in [0, 0.05) is 13.1 Å². The normalized spacial score (nSPS) is 22.4. The van der Waals surface area contributed by atoms with Gasteiger partial charge in [0.25, 0.3) is 0 Å². The van der Waals surface area contributed by atoms with Gasteiger partial charge in [-0.15, -0.1) is 6.58 Å². The molecule has 3 nitrogen and oxygen atoms in total. The summed E-state index contributed by atoms with van der Waals surface area (Å²) in [5, 5.41) is 0. The summed E-state index contributed by atoms with van der Waals surface area (Å²) < 4.78 is 23.7. The number of rotatable bonds is 2. The highest BCUT2D eigenvalue weighted by atomic mass is 32.2. The lowest BCUT2D eigenvalue weighted by atomic mass is 9.99. The van der Waals surface area contributed by atoms with Crippen LogP contribution in [-0.2, 0) is 10.0 Å². The van der Waals surface area contributed by atoms with E-state index in [4.69, 9.17) is 0 Å². The fourth-order valence-electron chi connectivity index (χ4n) is 1.44. The third kappa shape index (κ3) is 2.32. The predicted octanol–water partition coefficient (Wildman–Crippen LogP) is 0.844. The lowest BCUT2D eigenvalue weighted by Gasteiger charge is -2.28. The summed E-state index contributed by atoms with van der Waals surface area (Å²) in [6, 6.07) is 0. The smallest absolute Gasteiger partial charge is 0.211 e. The van der Waals surface area contributed by atoms with Gasteiger partial charge in [-0.2, -0.15) is 0 Å². The van der Waals surface area contributed by atoms with Crippen LogP contribution in [0.1, 0.15) is 12.8 Å². The zero-order valence-electron chi connectivity index (χ0n) is 7.36. The summed E-state index contributed by atoms with van der Waals surface area (Å²) in [6.45, 7) is 5.00. The van der Waals surface area contributed by atoms with Crippen LogP contribution in [0.25, 0.3) is 0 Å². The maximum atomic E-state index is 11.1. The molecule has 1 saturated heterocycles. The molecule has 0 N–H and O–H groups in total. The molecule has 1 aliphatic heterocycles. The first-order valence-electron chi connectivity index (χ1n) is 4.11. The molecule has 0 radical (unpaired) electrons. The van der Waals surface area contributed by atoms with Crippen molar-refractivity contribution in [2.24, 2.45) is 5.92 Å². The molecule has 1 heterocycles. The Bertz CT molecular complexity index is 250. The molecule has 0 bridgehead atoms. The van der Waals surface area contributed by atoms with Crippen LogP contribution in [0.3, 0.4) is 0 Å². The van der Waals surface area contributed by atoms with E-state index in [2.05, 4.69) is 6.58 Å². The largest absolute Gasteiger partial charge is 0.213 e. The van der Waals surface area contributed by atoms with Crippen molar-refractivity contribution in [3.63, 3.8) is 0 Å². The van der Waals surface area contributed by atoms with Gasteiger partial charge in [-0.25, -0.2) is 12.7 Å². The van der Waals surface area contributed by atoms with E-state index in [9.17, 15) is 8.42 Å². The lowest BCUT2D eigenvalue weighted by Crippen LogP contribution is -2.37. The number of hydrogen-bond acceptors (Lipinski definition) is 2. The highest BCUT2D eigenvalue weighted by molar-refractivity contribution is 7.88. The van der Waals surface area contributed by atoms with E-state index >= 15 is 0 Å². The van der Waals surface area contributed by atoms with Crippen molar-refractivity contribution in [3.05, 3.63) is 12.7 Å². The van der Waals surface area contributed by atoms with E-state index in [0.717, 1.165) is 12.8 Å². The van der Waals surface area contributed by atoms with Crippen LogP contribution < -0.4 is 0 Å². The zero-order valence-corrected chi connectivity index (χ0v) is 8.18. The van der Waals surface area contributed by atoms with Crippen LogP contribution in [-0.4, -0.2) is 32.1 Å². The second kappa shape index (κ2) is 3.58. The van der Waals surface area contributed by atoms with Gasteiger partial charge in [0.15, 0.2) is 0 Å². The van der Waals surface area contributed by atoms with Gasteiger partial charge in [0.2, 0.25) is 10.0 Å². The van der Waals surface area contributed by atoms with Crippen LogP contribution in [0.2, 0.25) is 0 Å². The first-order chi connectivity index (χ1) is 5.54. The summed E-state index contributed by atoms with van der Waals surface area (Å²) in [4.78, 5) is 0. The molecule has 1 aliphatic rings. The molecule has 1 fully saturated rings. The molecule has 0 aromatic carbocycles. The Hall–Kier alpha value is -0.350. The van der Waals surface area contributed by atoms with Crippen molar-refractivity contribution in [1.82, 2.24) is 4.31 Å². The van der Waals surface area contributed by atoms with Gasteiger partial charge >= 0.3 is 0 Å². The molecule has 1 rings (SSSR count). The molecule has 0 atom stereocenters. The Morgan fingerprint density at radius 3 is 2.25 bits per heavy atom. The first kappa shape index (κ1) is 9.74. The van der Waals surface area contributed by atoms with E-state index in [1.165, 1.54) is 10.6 Å². The van der Waals surface area contributed by atoms with Crippen LogP contribution in [0.15, 0.2) is 12.7 Å². The third-order valence-electron chi connectivity index (χ3n) is 2.30. The molecule has 4 heteroatoms. The Labute approximate surface area is 74.1 Å². The number of piperidine rings is 1. The first-order valence-corrected chi connectivity index (χ1v) is 5.96. The van der Waals surface area contributed by atoms with E-state index in [0.29, 0.717) is 19.0 Å². The molecule has 0 aromatic rings. The molecular formula is C8H15NO2S. The standard InChI is InChI=1S/C8H15NO2S/c1-3-8-4-6-9(7-5-8)12(2,10)11/h3,8H,1,4-7H2,2H3. The predicted molar refractivity (Wildman–Crippen MR) is 49.3 cm³/mol. The minimum atomic E-state index is -2.96. The summed E-state index contributed by atoms with van der Waals surface area (Å²) >= 11 is 0. The Morgan fingerprint density at radius 2 is 1.92 bits per heavy atom. The van der Waals surface area contributed by atoms with Crippen molar-refractivity contribution >= 4 is 10.0 Å². The molecule has 0 saturated carbocycles. The van der Waals surface area contributed by atoms with Gasteiger partial charge in [0.05, 0.1) is 6.26 Å². The second-order valence-electron chi connectivity index (χ2n) is 3.24. The van der Waals surface area contributed by atoms with Gasteiger partial charge in [0.1, 0.15) is 0 Å². The van der Waals surface area contributed by atoms with E-state index in [-0.39, 0.29) is 0 Å². The van der Waals surface area contributed by atoms with Crippen LogP contribution in [0, 0.1) is 5.92 Å². The highest BCUT2D eigenvalue weighted by Gasteiger charge is 2.22. The highest BCUT2D eigenvalue weighted by Crippen LogP contribution is 2.19. The molecule has 0 unspecified atom stereocenters. The molecule has 0 amide bonds. The summed E-state index contributed by atoms with van der Waals surface area (Å²) in [6.07, 6.45) is 5.01. The molecule has 70 valence electrons. The topological polar surface area (TPSA) is 37.4 Å². The molecule has 0 aromatic heterocycles. The maximum absolute atomic E-state index is 11.1. The number of sulfonamides is 1. The lowest BCUT2D eigenvalue weighted by molar-refractivity contribution is 0.308. The summed E-state index contributed by atoms with van der Waals surface area (Å²) in [7, 11) is -2.96. The summed E-state index contributed by atoms with van der Waals surface area (Å²) in [5.74, 6) is 0.503. The number of nitrogens with zero attached hydrogens (tertiary/aromatic N) is 1. The average Bonchev–Trinajstić information content (AvgIpc) is 2.03. The van der Waals surface area contributed by atoms with Crippen molar-refractivity contribution < 1.29 is 8.42 Å². The Balaban J connectivity index is 2.52. The fourth-order valence-corrected chi connectivity index (χ4v) is 2.32. The minimum absolute atomic E-state index is 0.503. The van der Waals surface area contributed by atoms with Crippen molar-refractivity contribution in [2.45, 2.75) is 12.8 Å². The Morgan fingerprint density at radius 1 is 1.42 bits per heavy atom. The van der Waals surface area contributed by atoms with Gasteiger partial charge in [-0.1, -0.05) is 6.08 Å². The SMILES string of the molecule is C=CC1CCN(S(C)(=O)=O)CC1. The quantitative estimate of drug-likeness (QED) is 0.604. The third-order valence-corrected chi connectivity index (χ3v) is 3.60.